The van der Waals surface area contributed by atoms with Gasteiger partial charge in [0.1, 0.15) is 11.9 Å². The smallest absolute Gasteiger partial charge is 0.121 e. The van der Waals surface area contributed by atoms with Gasteiger partial charge in [-0.1, -0.05) is 30.3 Å². The molecule has 0 amide bonds. The Bertz CT molecular complexity index is 353. The minimum absolute atomic E-state index is 0.161. The van der Waals surface area contributed by atoms with Crippen molar-refractivity contribution in [1.29, 1.82) is 5.41 Å². The molecule has 4 heteroatoms. The van der Waals surface area contributed by atoms with E-state index >= 15 is 0 Å². The molecule has 0 radical (unpaired) electrons. The van der Waals surface area contributed by atoms with Crippen molar-refractivity contribution in [2.45, 2.75) is 25.0 Å². The molecule has 0 unspecified atom stereocenters. The molecule has 1 heterocycles. The van der Waals surface area contributed by atoms with Crippen LogP contribution in [-0.4, -0.2) is 27.3 Å². The van der Waals surface area contributed by atoms with Crippen molar-refractivity contribution >= 4 is 5.84 Å². The monoisotopic (exact) mass is 206 g/mol. The average Bonchev–Trinajstić information content (AvgIpc) is 2.26. The molecule has 3 N–H and O–H groups in total. The van der Waals surface area contributed by atoms with E-state index in [1.165, 1.54) is 0 Å². The third-order valence-corrected chi connectivity index (χ3v) is 2.72. The second kappa shape index (κ2) is 4.00. The highest BCUT2D eigenvalue weighted by molar-refractivity contribution is 5.79. The van der Waals surface area contributed by atoms with Crippen LogP contribution in [0.25, 0.3) is 0 Å². The molecule has 0 bridgehead atoms. The summed E-state index contributed by atoms with van der Waals surface area (Å²) in [4.78, 5) is 0. The lowest BCUT2D eigenvalue weighted by atomic mass is 9.94. The summed E-state index contributed by atoms with van der Waals surface area (Å²) in [7, 11) is 0. The first-order valence-corrected chi connectivity index (χ1v) is 4.98. The van der Waals surface area contributed by atoms with Crippen molar-refractivity contribution in [3.8, 4) is 0 Å². The van der Waals surface area contributed by atoms with Crippen molar-refractivity contribution in [1.82, 2.24) is 5.06 Å². The van der Waals surface area contributed by atoms with Gasteiger partial charge < -0.3 is 5.11 Å². The first-order chi connectivity index (χ1) is 7.20. The van der Waals surface area contributed by atoms with E-state index in [1.54, 1.807) is 0 Å². The number of piperidine rings is 1. The number of benzene rings is 1. The molecule has 1 aliphatic heterocycles. The normalized spacial score (nSPS) is 26.8. The van der Waals surface area contributed by atoms with Gasteiger partial charge in [-0.25, -0.2) is 5.06 Å². The Labute approximate surface area is 88.2 Å². The quantitative estimate of drug-likeness (QED) is 0.653. The maximum Gasteiger partial charge on any atom is 0.121 e. The van der Waals surface area contributed by atoms with E-state index in [-0.39, 0.29) is 5.84 Å². The van der Waals surface area contributed by atoms with E-state index in [4.69, 9.17) is 5.41 Å². The highest BCUT2D eigenvalue weighted by Crippen LogP contribution is 2.30. The molecule has 2 rings (SSSR count). The molecule has 1 aromatic carbocycles. The summed E-state index contributed by atoms with van der Waals surface area (Å²) in [6.45, 7) is 0. The minimum atomic E-state index is -0.619. The Hall–Kier alpha value is -1.39. The van der Waals surface area contributed by atoms with E-state index in [0.717, 1.165) is 10.6 Å². The van der Waals surface area contributed by atoms with Crippen LogP contribution < -0.4 is 0 Å². The number of hydrogen-bond donors (Lipinski definition) is 3. The van der Waals surface area contributed by atoms with E-state index in [9.17, 15) is 10.3 Å². The summed E-state index contributed by atoms with van der Waals surface area (Å²) in [5, 5.41) is 27.9. The number of hydroxylamine groups is 2. The van der Waals surface area contributed by atoms with Crippen LogP contribution in [0, 0.1) is 5.41 Å². The molecule has 0 spiro atoms. The van der Waals surface area contributed by atoms with E-state index in [1.807, 2.05) is 30.3 Å². The lowest BCUT2D eigenvalue weighted by molar-refractivity contribution is -0.110. The molecule has 2 atom stereocenters. The number of hydrogen-bond acceptors (Lipinski definition) is 3. The summed E-state index contributed by atoms with van der Waals surface area (Å²) in [5.41, 5.74) is 0.831. The van der Waals surface area contributed by atoms with Crippen molar-refractivity contribution < 1.29 is 10.3 Å². The van der Waals surface area contributed by atoms with E-state index in [2.05, 4.69) is 0 Å². The van der Waals surface area contributed by atoms with Crippen LogP contribution in [0.5, 0.6) is 0 Å². The lowest BCUT2D eigenvalue weighted by Gasteiger charge is -2.36. The van der Waals surface area contributed by atoms with Gasteiger partial charge in [0.2, 0.25) is 0 Å². The highest BCUT2D eigenvalue weighted by Gasteiger charge is 2.33. The molecule has 80 valence electrons. The second-order valence-electron chi connectivity index (χ2n) is 3.75. The molecule has 1 fully saturated rings. The van der Waals surface area contributed by atoms with Gasteiger partial charge in [-0.2, -0.15) is 0 Å². The zero-order chi connectivity index (χ0) is 10.8. The fourth-order valence-electron chi connectivity index (χ4n) is 1.90. The van der Waals surface area contributed by atoms with Crippen LogP contribution in [0.4, 0.5) is 0 Å². The van der Waals surface area contributed by atoms with Gasteiger partial charge in [-0.15, -0.1) is 0 Å². The highest BCUT2D eigenvalue weighted by atomic mass is 16.5. The fraction of sp³-hybridized carbons (Fsp3) is 0.364. The van der Waals surface area contributed by atoms with Crippen LogP contribution in [-0.2, 0) is 0 Å². The zero-order valence-electron chi connectivity index (χ0n) is 8.30. The summed E-state index contributed by atoms with van der Waals surface area (Å²) in [6, 6.07) is 8.77. The van der Waals surface area contributed by atoms with E-state index in [0.29, 0.717) is 12.8 Å². The van der Waals surface area contributed by atoms with Gasteiger partial charge in [0.25, 0.3) is 0 Å². The predicted octanol–water partition coefficient (Wildman–Crippen LogP) is 1.55. The van der Waals surface area contributed by atoms with Crippen LogP contribution in [0.3, 0.4) is 0 Å². The predicted molar refractivity (Wildman–Crippen MR) is 55.8 cm³/mol. The summed E-state index contributed by atoms with van der Waals surface area (Å²) in [5.74, 6) is 0.161. The Kier molecular flexibility index (Phi) is 2.70. The SMILES string of the molecule is N=C1CC[C@H](O)[C@@H](c2ccccc2)N1O. The van der Waals surface area contributed by atoms with Crippen molar-refractivity contribution in [3.63, 3.8) is 0 Å². The number of amidine groups is 1. The Morgan fingerprint density at radius 2 is 1.93 bits per heavy atom. The van der Waals surface area contributed by atoms with Gasteiger partial charge in [0.15, 0.2) is 0 Å². The number of nitrogens with zero attached hydrogens (tertiary/aromatic N) is 1. The first-order valence-electron chi connectivity index (χ1n) is 4.98. The average molecular weight is 206 g/mol. The number of aliphatic hydroxyl groups excluding tert-OH is 1. The van der Waals surface area contributed by atoms with Crippen LogP contribution >= 0.6 is 0 Å². The van der Waals surface area contributed by atoms with Crippen LogP contribution in [0.15, 0.2) is 30.3 Å². The van der Waals surface area contributed by atoms with Crippen LogP contribution in [0.2, 0.25) is 0 Å². The maximum atomic E-state index is 9.81. The topological polar surface area (TPSA) is 67.5 Å². The molecule has 1 saturated heterocycles. The van der Waals surface area contributed by atoms with Gasteiger partial charge in [0.05, 0.1) is 6.10 Å². The standard InChI is InChI=1S/C11H14N2O2/c12-10-7-6-9(14)11(13(10)15)8-4-2-1-3-5-8/h1-5,9,11-12,14-15H,6-7H2/t9-,11+/m0/s1. The third kappa shape index (κ3) is 1.86. The molecule has 1 aliphatic rings. The van der Waals surface area contributed by atoms with E-state index < -0.39 is 12.1 Å². The van der Waals surface area contributed by atoms with Gasteiger partial charge in [-0.3, -0.25) is 10.6 Å². The fourth-order valence-corrected chi connectivity index (χ4v) is 1.90. The molecule has 4 nitrogen and oxygen atoms in total. The maximum absolute atomic E-state index is 9.81. The number of nitrogens with one attached hydrogen (secondary N) is 1. The Morgan fingerprint density at radius 1 is 1.27 bits per heavy atom. The third-order valence-electron chi connectivity index (χ3n) is 2.72. The van der Waals surface area contributed by atoms with Crippen LogP contribution in [0.1, 0.15) is 24.4 Å². The lowest BCUT2D eigenvalue weighted by Crippen LogP contribution is -2.42. The first kappa shape index (κ1) is 10.1. The summed E-state index contributed by atoms with van der Waals surface area (Å²) >= 11 is 0. The molecule has 0 aromatic heterocycles. The Morgan fingerprint density at radius 3 is 2.60 bits per heavy atom. The molecule has 1 aromatic rings. The summed E-state index contributed by atoms with van der Waals surface area (Å²) < 4.78 is 0. The van der Waals surface area contributed by atoms with Gasteiger partial charge in [-0.05, 0) is 12.0 Å². The molecule has 0 aliphatic carbocycles. The van der Waals surface area contributed by atoms with Crippen molar-refractivity contribution in [2.24, 2.45) is 0 Å². The zero-order valence-corrected chi connectivity index (χ0v) is 8.30. The molecule has 0 saturated carbocycles. The number of aliphatic hydroxyl groups is 1. The van der Waals surface area contributed by atoms with Gasteiger partial charge >= 0.3 is 0 Å². The summed E-state index contributed by atoms with van der Waals surface area (Å²) in [6.07, 6.45) is 0.322. The largest absolute Gasteiger partial charge is 0.391 e. The molecular formula is C11H14N2O2. The van der Waals surface area contributed by atoms with Gasteiger partial charge in [0, 0.05) is 6.42 Å². The second-order valence-corrected chi connectivity index (χ2v) is 3.75. The minimum Gasteiger partial charge on any atom is -0.391 e. The van der Waals surface area contributed by atoms with Crippen molar-refractivity contribution in [2.75, 3.05) is 0 Å². The number of rotatable bonds is 1. The molecular weight excluding hydrogens is 192 g/mol. The molecule has 15 heavy (non-hydrogen) atoms. The van der Waals surface area contributed by atoms with Crippen molar-refractivity contribution in [3.05, 3.63) is 35.9 Å². The Balaban J connectivity index is 2.29.